The van der Waals surface area contributed by atoms with Gasteiger partial charge in [-0.15, -0.1) is 0 Å². The van der Waals surface area contributed by atoms with Gasteiger partial charge in [-0.05, 0) is 42.4 Å². The second-order valence-corrected chi connectivity index (χ2v) is 6.99. The number of hydrazine groups is 1. The maximum atomic E-state index is 13.2. The maximum Gasteiger partial charge on any atom is 0.161 e. The lowest BCUT2D eigenvalue weighted by molar-refractivity contribution is 0.171. The van der Waals surface area contributed by atoms with Crippen LogP contribution in [0.3, 0.4) is 0 Å². The van der Waals surface area contributed by atoms with E-state index in [1.165, 1.54) is 17.7 Å². The van der Waals surface area contributed by atoms with Crippen LogP contribution in [0.2, 0.25) is 0 Å². The Morgan fingerprint density at radius 1 is 1.08 bits per heavy atom. The second-order valence-electron chi connectivity index (χ2n) is 6.99. The molecule has 2 aliphatic rings. The zero-order valence-electron chi connectivity index (χ0n) is 14.9. The number of fused-ring (bicyclic) bond motifs is 1. The summed E-state index contributed by atoms with van der Waals surface area (Å²) in [5.74, 6) is 1.86. The predicted octanol–water partition coefficient (Wildman–Crippen LogP) is 2.49. The molecule has 0 radical (unpaired) electrons. The van der Waals surface area contributed by atoms with E-state index in [-0.39, 0.29) is 11.9 Å². The first-order valence-corrected chi connectivity index (χ1v) is 9.00. The van der Waals surface area contributed by atoms with Crippen LogP contribution in [0, 0.1) is 11.7 Å². The minimum Gasteiger partial charge on any atom is -0.486 e. The zero-order chi connectivity index (χ0) is 17.9. The van der Waals surface area contributed by atoms with E-state index in [0.717, 1.165) is 36.7 Å². The van der Waals surface area contributed by atoms with E-state index in [4.69, 9.17) is 9.47 Å². The molecule has 2 aromatic carbocycles. The van der Waals surface area contributed by atoms with Crippen molar-refractivity contribution < 1.29 is 13.9 Å². The van der Waals surface area contributed by atoms with Crippen molar-refractivity contribution in [2.45, 2.75) is 12.6 Å². The molecule has 2 N–H and O–H groups in total. The summed E-state index contributed by atoms with van der Waals surface area (Å²) in [4.78, 5) is 2.31. The van der Waals surface area contributed by atoms with Crippen molar-refractivity contribution in [1.82, 2.24) is 15.8 Å². The number of hydrogen-bond acceptors (Lipinski definition) is 5. The summed E-state index contributed by atoms with van der Waals surface area (Å²) in [5.41, 5.74) is 8.86. The number of halogens is 1. The molecule has 138 valence electrons. The number of nitrogens with zero attached hydrogens (tertiary/aromatic N) is 1. The molecule has 1 fully saturated rings. The Morgan fingerprint density at radius 3 is 2.65 bits per heavy atom. The number of nitrogens with one attached hydrogen (secondary N) is 2. The van der Waals surface area contributed by atoms with Gasteiger partial charge in [-0.2, -0.15) is 0 Å². The number of benzene rings is 2. The first-order chi connectivity index (χ1) is 12.7. The van der Waals surface area contributed by atoms with Crippen LogP contribution in [0.25, 0.3) is 0 Å². The number of hydrogen-bond donors (Lipinski definition) is 2. The highest BCUT2D eigenvalue weighted by Gasteiger charge is 2.29. The van der Waals surface area contributed by atoms with Crippen LogP contribution in [0.5, 0.6) is 11.5 Å². The first kappa shape index (κ1) is 17.3. The Labute approximate surface area is 153 Å². The maximum absolute atomic E-state index is 13.2. The van der Waals surface area contributed by atoms with E-state index in [1.54, 1.807) is 0 Å². The van der Waals surface area contributed by atoms with Gasteiger partial charge in [-0.25, -0.2) is 9.82 Å². The molecule has 0 bridgehead atoms. The molecular formula is C20H24FN3O2. The van der Waals surface area contributed by atoms with Crippen LogP contribution in [0.4, 0.5) is 4.39 Å². The van der Waals surface area contributed by atoms with Crippen LogP contribution in [-0.4, -0.2) is 38.3 Å². The van der Waals surface area contributed by atoms with Crippen LogP contribution in [0.1, 0.15) is 17.2 Å². The van der Waals surface area contributed by atoms with Gasteiger partial charge in [0.2, 0.25) is 0 Å². The summed E-state index contributed by atoms with van der Waals surface area (Å²) in [6.45, 7) is 3.86. The molecule has 0 spiro atoms. The summed E-state index contributed by atoms with van der Waals surface area (Å²) in [7, 11) is 2.12. The topological polar surface area (TPSA) is 45.8 Å². The Hall–Kier alpha value is -2.15. The minimum atomic E-state index is -0.202. The minimum absolute atomic E-state index is 0.179. The number of ether oxygens (including phenoxy) is 2. The summed E-state index contributed by atoms with van der Waals surface area (Å²) >= 11 is 0. The quantitative estimate of drug-likeness (QED) is 0.861. The molecule has 4 rings (SSSR count). The molecule has 2 heterocycles. The fraction of sp³-hybridized carbons (Fsp3) is 0.400. The monoisotopic (exact) mass is 357 g/mol. The van der Waals surface area contributed by atoms with E-state index in [9.17, 15) is 4.39 Å². The van der Waals surface area contributed by atoms with Gasteiger partial charge >= 0.3 is 0 Å². The number of rotatable bonds is 5. The Bertz CT molecular complexity index is 753. The van der Waals surface area contributed by atoms with Crippen molar-refractivity contribution in [2.75, 3.05) is 33.4 Å². The van der Waals surface area contributed by atoms with Gasteiger partial charge in [0.25, 0.3) is 0 Å². The van der Waals surface area contributed by atoms with Crippen molar-refractivity contribution in [3.05, 3.63) is 59.4 Å². The lowest BCUT2D eigenvalue weighted by Gasteiger charge is -2.25. The van der Waals surface area contributed by atoms with Crippen molar-refractivity contribution in [3.63, 3.8) is 0 Å². The van der Waals surface area contributed by atoms with Crippen molar-refractivity contribution in [3.8, 4) is 11.5 Å². The molecule has 2 atom stereocenters. The Balaban J connectivity index is 1.39. The highest BCUT2D eigenvalue weighted by atomic mass is 19.1. The molecule has 6 heteroatoms. The van der Waals surface area contributed by atoms with E-state index in [2.05, 4.69) is 34.9 Å². The molecule has 1 saturated heterocycles. The summed E-state index contributed by atoms with van der Waals surface area (Å²) in [6.07, 6.45) is 0. The van der Waals surface area contributed by atoms with Crippen LogP contribution in [0.15, 0.2) is 42.5 Å². The van der Waals surface area contributed by atoms with Crippen LogP contribution in [-0.2, 0) is 6.54 Å². The molecule has 2 aliphatic heterocycles. The normalized spacial score (nSPS) is 22.0. The first-order valence-electron chi connectivity index (χ1n) is 9.00. The fourth-order valence-corrected chi connectivity index (χ4v) is 3.69. The summed E-state index contributed by atoms with van der Waals surface area (Å²) in [5, 5.41) is 0. The molecule has 5 nitrogen and oxygen atoms in total. The molecule has 0 saturated carbocycles. The Morgan fingerprint density at radius 2 is 1.85 bits per heavy atom. The van der Waals surface area contributed by atoms with Gasteiger partial charge in [-0.1, -0.05) is 18.2 Å². The molecule has 26 heavy (non-hydrogen) atoms. The van der Waals surface area contributed by atoms with Gasteiger partial charge in [0.15, 0.2) is 11.5 Å². The van der Waals surface area contributed by atoms with Gasteiger partial charge in [0.05, 0.1) is 6.04 Å². The summed E-state index contributed by atoms with van der Waals surface area (Å²) < 4.78 is 24.4. The highest BCUT2D eigenvalue weighted by molar-refractivity contribution is 5.43. The average molecular weight is 357 g/mol. The van der Waals surface area contributed by atoms with Crippen LogP contribution < -0.4 is 20.3 Å². The average Bonchev–Trinajstić information content (AvgIpc) is 3.10. The molecular weight excluding hydrogens is 333 g/mol. The largest absolute Gasteiger partial charge is 0.486 e. The fourth-order valence-electron chi connectivity index (χ4n) is 3.69. The molecule has 2 unspecified atom stereocenters. The lowest BCUT2D eigenvalue weighted by atomic mass is 9.94. The van der Waals surface area contributed by atoms with E-state index in [0.29, 0.717) is 19.1 Å². The zero-order valence-corrected chi connectivity index (χ0v) is 14.9. The predicted molar refractivity (Wildman–Crippen MR) is 97.5 cm³/mol. The van der Waals surface area contributed by atoms with Gasteiger partial charge in [-0.3, -0.25) is 5.43 Å². The second kappa shape index (κ2) is 7.61. The van der Waals surface area contributed by atoms with E-state index < -0.39 is 0 Å². The highest BCUT2D eigenvalue weighted by Crippen LogP contribution is 2.31. The lowest BCUT2D eigenvalue weighted by Crippen LogP contribution is -2.30. The SMILES string of the molecule is CN(Cc1ccc2c(c1)OCCO2)CC1CNNC1c1ccc(F)cc1. The van der Waals surface area contributed by atoms with Crippen molar-refractivity contribution >= 4 is 0 Å². The molecule has 0 aromatic heterocycles. The van der Waals surface area contributed by atoms with Gasteiger partial charge < -0.3 is 14.4 Å². The van der Waals surface area contributed by atoms with E-state index in [1.807, 2.05) is 18.2 Å². The van der Waals surface area contributed by atoms with Gasteiger partial charge in [0, 0.05) is 25.6 Å². The molecule has 0 amide bonds. The smallest absolute Gasteiger partial charge is 0.161 e. The third kappa shape index (κ3) is 3.82. The van der Waals surface area contributed by atoms with Crippen molar-refractivity contribution in [1.29, 1.82) is 0 Å². The standard InChI is InChI=1S/C20H24FN3O2/c1-24(12-14-2-7-18-19(10-14)26-9-8-25-18)13-16-11-22-23-20(16)15-3-5-17(21)6-4-15/h2-7,10,16,20,22-23H,8-9,11-13H2,1H3. The van der Waals surface area contributed by atoms with Gasteiger partial charge in [0.1, 0.15) is 19.0 Å². The van der Waals surface area contributed by atoms with Crippen LogP contribution >= 0.6 is 0 Å². The Kier molecular flexibility index (Phi) is 5.06. The molecule has 0 aliphatic carbocycles. The third-order valence-electron chi connectivity index (χ3n) is 4.93. The molecule has 2 aromatic rings. The summed E-state index contributed by atoms with van der Waals surface area (Å²) in [6, 6.07) is 13.1. The van der Waals surface area contributed by atoms with E-state index >= 15 is 0 Å². The van der Waals surface area contributed by atoms with Crippen molar-refractivity contribution in [2.24, 2.45) is 5.92 Å². The third-order valence-corrected chi connectivity index (χ3v) is 4.93.